The first kappa shape index (κ1) is 21.7. The van der Waals surface area contributed by atoms with E-state index in [4.69, 9.17) is 5.11 Å². The Balaban J connectivity index is 1.44. The van der Waals surface area contributed by atoms with Crippen molar-refractivity contribution in [1.29, 1.82) is 0 Å². The number of aliphatic hydroxyl groups excluding tert-OH is 1. The van der Waals surface area contributed by atoms with Gasteiger partial charge in [-0.25, -0.2) is 4.98 Å². The van der Waals surface area contributed by atoms with E-state index in [0.717, 1.165) is 37.7 Å². The molecule has 32 heavy (non-hydrogen) atoms. The maximum atomic E-state index is 12.2. The van der Waals surface area contributed by atoms with Crippen LogP contribution in [0.3, 0.4) is 0 Å². The molecule has 0 radical (unpaired) electrons. The van der Waals surface area contributed by atoms with E-state index >= 15 is 0 Å². The molecule has 6 nitrogen and oxygen atoms in total. The summed E-state index contributed by atoms with van der Waals surface area (Å²) in [5, 5.41) is 22.4. The number of carboxylic acids is 1. The minimum absolute atomic E-state index is 0.00859. The molecule has 1 atom stereocenters. The van der Waals surface area contributed by atoms with Gasteiger partial charge >= 0.3 is 5.97 Å². The fourth-order valence-electron chi connectivity index (χ4n) is 3.32. The monoisotopic (exact) mass is 446 g/mol. The Kier molecular flexibility index (Phi) is 6.30. The predicted molar refractivity (Wildman–Crippen MR) is 126 cm³/mol. The number of carbonyl (C=O) groups excluding carboxylic acids is 1. The van der Waals surface area contributed by atoms with Gasteiger partial charge in [0.25, 0.3) is 0 Å². The number of thiazole rings is 1. The van der Waals surface area contributed by atoms with E-state index in [1.807, 2.05) is 54.6 Å². The Morgan fingerprint density at radius 2 is 1.66 bits per heavy atom. The van der Waals surface area contributed by atoms with Gasteiger partial charge in [-0.15, -0.1) is 0 Å². The summed E-state index contributed by atoms with van der Waals surface area (Å²) in [4.78, 5) is 27.8. The summed E-state index contributed by atoms with van der Waals surface area (Å²) in [6.45, 7) is 1.54. The minimum atomic E-state index is -0.968. The summed E-state index contributed by atoms with van der Waals surface area (Å²) in [6, 6.07) is 20.8. The number of hydrogen-bond acceptors (Lipinski definition) is 6. The van der Waals surface area contributed by atoms with Gasteiger partial charge in [0.2, 0.25) is 0 Å². The third-order valence-electron chi connectivity index (χ3n) is 5.22. The molecule has 0 saturated heterocycles. The zero-order chi connectivity index (χ0) is 22.7. The second kappa shape index (κ2) is 9.30. The van der Waals surface area contributed by atoms with Crippen LogP contribution >= 0.6 is 11.3 Å². The second-order valence-electron chi connectivity index (χ2n) is 7.63. The highest BCUT2D eigenvalue weighted by Crippen LogP contribution is 2.30. The number of ketones is 1. The van der Waals surface area contributed by atoms with Crippen LogP contribution in [0, 0.1) is 5.92 Å². The standard InChI is InChI=1S/C25H22N2O4S/c1-15(24(30)31)12-22(29)19-5-3-17(4-6-19)18-7-9-20(10-8-18)26-25-27-21-11-2-16(14-28)13-23(21)32-25/h2-11,13,15,28H,12,14H2,1H3,(H,26,27)(H,30,31). The number of aromatic nitrogens is 1. The number of aliphatic carboxylic acids is 1. The van der Waals surface area contributed by atoms with E-state index in [2.05, 4.69) is 10.3 Å². The summed E-state index contributed by atoms with van der Waals surface area (Å²) in [6.07, 6.45) is -0.0118. The Labute approximate surface area is 189 Å². The normalized spacial score (nSPS) is 11.9. The summed E-state index contributed by atoms with van der Waals surface area (Å²) in [7, 11) is 0. The van der Waals surface area contributed by atoms with Crippen molar-refractivity contribution in [3.05, 3.63) is 77.9 Å². The molecule has 0 aliphatic carbocycles. The van der Waals surface area contributed by atoms with Crippen LogP contribution in [0.25, 0.3) is 21.3 Å². The number of rotatable bonds is 8. The largest absolute Gasteiger partial charge is 0.481 e. The average molecular weight is 447 g/mol. The molecule has 162 valence electrons. The Morgan fingerprint density at radius 3 is 2.28 bits per heavy atom. The molecule has 1 aromatic heterocycles. The van der Waals surface area contributed by atoms with Crippen LogP contribution < -0.4 is 5.32 Å². The number of anilines is 2. The lowest BCUT2D eigenvalue weighted by molar-refractivity contribution is -0.141. The molecule has 0 bridgehead atoms. The van der Waals surface area contributed by atoms with Crippen LogP contribution in [0.1, 0.15) is 29.3 Å². The SMILES string of the molecule is CC(CC(=O)c1ccc(-c2ccc(Nc3nc4ccc(CO)cc4s3)cc2)cc1)C(=O)O. The number of Topliss-reactive ketones (excluding diaryl/α,β-unsaturated/α-hetero) is 1. The van der Waals surface area contributed by atoms with Gasteiger partial charge in [0.1, 0.15) is 0 Å². The molecule has 0 aliphatic heterocycles. The van der Waals surface area contributed by atoms with Crippen molar-refractivity contribution in [3.63, 3.8) is 0 Å². The van der Waals surface area contributed by atoms with Crippen molar-refractivity contribution < 1.29 is 19.8 Å². The highest BCUT2D eigenvalue weighted by Gasteiger charge is 2.17. The maximum absolute atomic E-state index is 12.2. The van der Waals surface area contributed by atoms with Gasteiger partial charge in [0.05, 0.1) is 22.7 Å². The summed E-state index contributed by atoms with van der Waals surface area (Å²) in [5.74, 6) is -1.84. The van der Waals surface area contributed by atoms with Gasteiger partial charge in [-0.2, -0.15) is 0 Å². The zero-order valence-corrected chi connectivity index (χ0v) is 18.2. The van der Waals surface area contributed by atoms with Crippen molar-refractivity contribution >= 4 is 44.1 Å². The van der Waals surface area contributed by atoms with Crippen LogP contribution in [0.2, 0.25) is 0 Å². The average Bonchev–Trinajstić information content (AvgIpc) is 3.20. The van der Waals surface area contributed by atoms with Crippen molar-refractivity contribution in [2.45, 2.75) is 20.0 Å². The molecule has 7 heteroatoms. The molecular formula is C25H22N2O4S. The van der Waals surface area contributed by atoms with Gasteiger partial charge in [-0.3, -0.25) is 9.59 Å². The number of benzene rings is 3. The highest BCUT2D eigenvalue weighted by molar-refractivity contribution is 7.22. The summed E-state index contributed by atoms with van der Waals surface area (Å²) < 4.78 is 1.02. The number of aliphatic hydroxyl groups is 1. The Morgan fingerprint density at radius 1 is 1.00 bits per heavy atom. The van der Waals surface area contributed by atoms with Gasteiger partial charge in [-0.1, -0.05) is 60.7 Å². The van der Waals surface area contributed by atoms with E-state index in [-0.39, 0.29) is 18.8 Å². The molecule has 0 aliphatic rings. The fraction of sp³-hybridized carbons (Fsp3) is 0.160. The number of fused-ring (bicyclic) bond motifs is 1. The van der Waals surface area contributed by atoms with Gasteiger partial charge in [0.15, 0.2) is 10.9 Å². The van der Waals surface area contributed by atoms with Crippen LogP contribution in [-0.4, -0.2) is 26.9 Å². The molecule has 1 unspecified atom stereocenters. The van der Waals surface area contributed by atoms with E-state index in [9.17, 15) is 14.7 Å². The number of carboxylic acid groups (broad SMARTS) is 1. The lowest BCUT2D eigenvalue weighted by Gasteiger charge is -2.08. The third kappa shape index (κ3) is 4.85. The van der Waals surface area contributed by atoms with Crippen molar-refractivity contribution in [2.24, 2.45) is 5.92 Å². The smallest absolute Gasteiger partial charge is 0.306 e. The third-order valence-corrected chi connectivity index (χ3v) is 6.16. The van der Waals surface area contributed by atoms with Gasteiger partial charge < -0.3 is 15.5 Å². The molecular weight excluding hydrogens is 424 g/mol. The molecule has 4 aromatic rings. The molecule has 0 saturated carbocycles. The van der Waals surface area contributed by atoms with Crippen LogP contribution in [0.15, 0.2) is 66.7 Å². The first-order chi connectivity index (χ1) is 15.4. The molecule has 3 N–H and O–H groups in total. The second-order valence-corrected chi connectivity index (χ2v) is 8.66. The number of nitrogens with one attached hydrogen (secondary N) is 1. The van der Waals surface area contributed by atoms with Crippen LogP contribution in [-0.2, 0) is 11.4 Å². The molecule has 3 aromatic carbocycles. The Bertz CT molecular complexity index is 1260. The molecule has 0 amide bonds. The number of carbonyl (C=O) groups is 2. The number of nitrogens with zero attached hydrogens (tertiary/aromatic N) is 1. The van der Waals surface area contributed by atoms with Crippen LogP contribution in [0.5, 0.6) is 0 Å². The van der Waals surface area contributed by atoms with Crippen molar-refractivity contribution in [2.75, 3.05) is 5.32 Å². The molecule has 0 fully saturated rings. The Hall–Kier alpha value is -3.55. The van der Waals surface area contributed by atoms with Crippen molar-refractivity contribution in [1.82, 2.24) is 4.98 Å². The molecule has 4 rings (SSSR count). The predicted octanol–water partition coefficient (Wildman–Crippen LogP) is 5.49. The lowest BCUT2D eigenvalue weighted by atomic mass is 9.97. The first-order valence-electron chi connectivity index (χ1n) is 10.2. The van der Waals surface area contributed by atoms with E-state index in [1.165, 1.54) is 18.3 Å². The van der Waals surface area contributed by atoms with Crippen LogP contribution in [0.4, 0.5) is 10.8 Å². The zero-order valence-electron chi connectivity index (χ0n) is 17.4. The number of hydrogen-bond donors (Lipinski definition) is 3. The van der Waals surface area contributed by atoms with E-state index < -0.39 is 11.9 Å². The topological polar surface area (TPSA) is 99.5 Å². The van der Waals surface area contributed by atoms with E-state index in [1.54, 1.807) is 12.1 Å². The van der Waals surface area contributed by atoms with Crippen molar-refractivity contribution in [3.8, 4) is 11.1 Å². The summed E-state index contributed by atoms with van der Waals surface area (Å²) >= 11 is 1.53. The maximum Gasteiger partial charge on any atom is 0.306 e. The lowest BCUT2D eigenvalue weighted by Crippen LogP contribution is -2.14. The highest BCUT2D eigenvalue weighted by atomic mass is 32.1. The van der Waals surface area contributed by atoms with E-state index in [0.29, 0.717) is 5.56 Å². The summed E-state index contributed by atoms with van der Waals surface area (Å²) in [5.41, 5.74) is 5.14. The minimum Gasteiger partial charge on any atom is -0.481 e. The quantitative estimate of drug-likeness (QED) is 0.309. The van der Waals surface area contributed by atoms with Gasteiger partial charge in [0, 0.05) is 17.7 Å². The molecule has 1 heterocycles. The fourth-order valence-corrected chi connectivity index (χ4v) is 4.27. The molecule has 0 spiro atoms. The van der Waals surface area contributed by atoms with Gasteiger partial charge in [-0.05, 0) is 41.0 Å². The first-order valence-corrected chi connectivity index (χ1v) is 11.0.